The number of primary sulfonamides is 1. The largest absolute Gasteiger partial charge is 0.327 e. The zero-order valence-electron chi connectivity index (χ0n) is 18.4. The number of benzene rings is 2. The molecule has 0 unspecified atom stereocenters. The minimum atomic E-state index is -3.77. The van der Waals surface area contributed by atoms with E-state index < -0.39 is 10.0 Å². The average Bonchev–Trinajstić information content (AvgIpc) is 3.35. The van der Waals surface area contributed by atoms with Crippen molar-refractivity contribution in [2.24, 2.45) is 5.14 Å². The molecule has 0 aliphatic carbocycles. The Labute approximate surface area is 192 Å². The lowest BCUT2D eigenvalue weighted by Crippen LogP contribution is -2.11. The van der Waals surface area contributed by atoms with Crippen LogP contribution in [0.2, 0.25) is 0 Å². The van der Waals surface area contributed by atoms with E-state index in [0.717, 1.165) is 41.6 Å². The molecule has 0 aliphatic heterocycles. The van der Waals surface area contributed by atoms with E-state index in [1.165, 1.54) is 11.1 Å². The lowest BCUT2D eigenvalue weighted by atomic mass is 10.1. The van der Waals surface area contributed by atoms with Crippen molar-refractivity contribution in [2.75, 3.05) is 0 Å². The Morgan fingerprint density at radius 1 is 1.09 bits per heavy atom. The summed E-state index contributed by atoms with van der Waals surface area (Å²) in [5, 5.41) is 6.19. The lowest BCUT2D eigenvalue weighted by Gasteiger charge is -2.11. The minimum Gasteiger partial charge on any atom is -0.327 e. The predicted octanol–water partition coefficient (Wildman–Crippen LogP) is 4.58. The number of nitrogens with two attached hydrogens (primary N) is 1. The van der Waals surface area contributed by atoms with Crippen LogP contribution in [0.1, 0.15) is 36.7 Å². The second-order valence-electron chi connectivity index (χ2n) is 7.87. The third kappa shape index (κ3) is 4.60. The molecule has 2 heterocycles. The second kappa shape index (κ2) is 9.09. The molecule has 4 rings (SSSR count). The van der Waals surface area contributed by atoms with E-state index in [-0.39, 0.29) is 4.90 Å². The Balaban J connectivity index is 1.66. The highest BCUT2D eigenvalue weighted by molar-refractivity contribution is 7.98. The number of hydrogen-bond acceptors (Lipinski definition) is 5. The van der Waals surface area contributed by atoms with Crippen LogP contribution < -0.4 is 5.14 Å². The molecule has 0 atom stereocenters. The number of imidazole rings is 2. The van der Waals surface area contributed by atoms with Gasteiger partial charge >= 0.3 is 0 Å². The van der Waals surface area contributed by atoms with Crippen LogP contribution in [0.25, 0.3) is 16.7 Å². The van der Waals surface area contributed by atoms with E-state index in [1.807, 2.05) is 6.20 Å². The Kier molecular flexibility index (Phi) is 6.41. The summed E-state index contributed by atoms with van der Waals surface area (Å²) in [6, 6.07) is 11.3. The first-order valence-electron chi connectivity index (χ1n) is 10.5. The minimum absolute atomic E-state index is 0.0784. The van der Waals surface area contributed by atoms with Gasteiger partial charge in [-0.05, 0) is 61.7 Å². The Morgan fingerprint density at radius 2 is 1.91 bits per heavy atom. The first-order valence-corrected chi connectivity index (χ1v) is 13.1. The van der Waals surface area contributed by atoms with E-state index >= 15 is 0 Å². The average molecular weight is 470 g/mol. The number of sulfonamides is 1. The zero-order chi connectivity index (χ0) is 22.9. The van der Waals surface area contributed by atoms with Crippen LogP contribution in [0.15, 0.2) is 58.8 Å². The van der Waals surface area contributed by atoms with Crippen LogP contribution in [0.5, 0.6) is 0 Å². The van der Waals surface area contributed by atoms with E-state index in [9.17, 15) is 8.42 Å². The number of rotatable bonds is 8. The summed E-state index contributed by atoms with van der Waals surface area (Å²) < 4.78 is 27.8. The maximum atomic E-state index is 11.8. The smallest absolute Gasteiger partial charge is 0.238 e. The highest BCUT2D eigenvalue weighted by Crippen LogP contribution is 2.28. The van der Waals surface area contributed by atoms with Crippen molar-refractivity contribution >= 4 is 32.8 Å². The maximum absolute atomic E-state index is 11.8. The summed E-state index contributed by atoms with van der Waals surface area (Å²) in [5.74, 6) is 1.50. The summed E-state index contributed by atoms with van der Waals surface area (Å²) in [6.07, 6.45) is 5.83. The van der Waals surface area contributed by atoms with Gasteiger partial charge in [-0.15, -0.1) is 0 Å². The molecule has 4 aromatic rings. The van der Waals surface area contributed by atoms with Crippen LogP contribution in [-0.2, 0) is 22.3 Å². The topological polar surface area (TPSA) is 95.8 Å². The number of unbranched alkanes of at least 4 members (excludes halogenated alkanes) is 1. The lowest BCUT2D eigenvalue weighted by molar-refractivity contribution is 0.598. The van der Waals surface area contributed by atoms with Gasteiger partial charge in [-0.1, -0.05) is 31.2 Å². The number of aromatic nitrogens is 4. The quantitative estimate of drug-likeness (QED) is 0.381. The van der Waals surface area contributed by atoms with E-state index in [2.05, 4.69) is 53.1 Å². The first-order chi connectivity index (χ1) is 15.3. The van der Waals surface area contributed by atoms with Gasteiger partial charge in [0.05, 0.1) is 21.7 Å². The van der Waals surface area contributed by atoms with Gasteiger partial charge in [-0.25, -0.2) is 23.5 Å². The Hall–Kier alpha value is -2.62. The van der Waals surface area contributed by atoms with Crippen molar-refractivity contribution in [3.05, 3.63) is 65.7 Å². The molecule has 0 aliphatic rings. The standard InChI is InChI=1S/C23H27N5O2S2/c1-4-5-11-28-21-9-8-19(32(24,29)30)14-20(21)26-22(28)15-31-23-25-10-12-27(23)18-7-6-16(2)17(3)13-18/h6-10,12-14H,4-5,11,15H2,1-3H3,(H2,24,29,30). The van der Waals surface area contributed by atoms with Crippen molar-refractivity contribution in [3.8, 4) is 5.69 Å². The molecule has 0 bridgehead atoms. The van der Waals surface area contributed by atoms with Gasteiger partial charge < -0.3 is 4.57 Å². The van der Waals surface area contributed by atoms with Gasteiger partial charge in [-0.2, -0.15) is 0 Å². The molecule has 0 fully saturated rings. The van der Waals surface area contributed by atoms with Crippen molar-refractivity contribution < 1.29 is 8.42 Å². The highest BCUT2D eigenvalue weighted by atomic mass is 32.2. The van der Waals surface area contributed by atoms with E-state index in [4.69, 9.17) is 10.1 Å². The summed E-state index contributed by atoms with van der Waals surface area (Å²) >= 11 is 1.61. The van der Waals surface area contributed by atoms with Gasteiger partial charge in [0.15, 0.2) is 5.16 Å². The monoisotopic (exact) mass is 469 g/mol. The molecule has 9 heteroatoms. The molecule has 2 aromatic heterocycles. The van der Waals surface area contributed by atoms with Gasteiger partial charge in [0.1, 0.15) is 5.82 Å². The third-order valence-corrected chi connectivity index (χ3v) is 7.44. The molecule has 2 aromatic carbocycles. The van der Waals surface area contributed by atoms with Crippen molar-refractivity contribution in [1.29, 1.82) is 0 Å². The fourth-order valence-electron chi connectivity index (χ4n) is 3.61. The van der Waals surface area contributed by atoms with Crippen molar-refractivity contribution in [1.82, 2.24) is 19.1 Å². The summed E-state index contributed by atoms with van der Waals surface area (Å²) in [4.78, 5) is 9.38. The van der Waals surface area contributed by atoms with E-state index in [0.29, 0.717) is 11.3 Å². The number of aryl methyl sites for hydroxylation is 3. The maximum Gasteiger partial charge on any atom is 0.238 e. The molecule has 0 spiro atoms. The Morgan fingerprint density at radius 3 is 2.62 bits per heavy atom. The molecular weight excluding hydrogens is 442 g/mol. The van der Waals surface area contributed by atoms with Crippen molar-refractivity contribution in [3.63, 3.8) is 0 Å². The van der Waals surface area contributed by atoms with Crippen molar-refractivity contribution in [2.45, 2.75) is 56.0 Å². The zero-order valence-corrected chi connectivity index (χ0v) is 20.1. The highest BCUT2D eigenvalue weighted by Gasteiger charge is 2.16. The number of thioether (sulfide) groups is 1. The fourth-order valence-corrected chi connectivity index (χ4v) is 5.06. The van der Waals surface area contributed by atoms with E-state index in [1.54, 1.807) is 36.2 Å². The summed E-state index contributed by atoms with van der Waals surface area (Å²) in [7, 11) is -3.77. The molecule has 0 saturated heterocycles. The molecule has 32 heavy (non-hydrogen) atoms. The molecule has 7 nitrogen and oxygen atoms in total. The van der Waals surface area contributed by atoms with Gasteiger partial charge in [0, 0.05) is 24.6 Å². The van der Waals surface area contributed by atoms with Crippen LogP contribution >= 0.6 is 11.8 Å². The SMILES string of the molecule is CCCCn1c(CSc2nccn2-c2ccc(C)c(C)c2)nc2cc(S(N)(=O)=O)ccc21. The molecule has 0 amide bonds. The summed E-state index contributed by atoms with van der Waals surface area (Å²) in [6.45, 7) is 7.18. The number of fused-ring (bicyclic) bond motifs is 1. The summed E-state index contributed by atoms with van der Waals surface area (Å²) in [5.41, 5.74) is 5.12. The number of hydrogen-bond donors (Lipinski definition) is 1. The van der Waals surface area contributed by atoms with Gasteiger partial charge in [0.2, 0.25) is 10.0 Å². The van der Waals surface area contributed by atoms with Gasteiger partial charge in [0.25, 0.3) is 0 Å². The van der Waals surface area contributed by atoms with Crippen LogP contribution in [0.4, 0.5) is 0 Å². The molecule has 168 valence electrons. The third-order valence-electron chi connectivity index (χ3n) is 5.57. The fraction of sp³-hybridized carbons (Fsp3) is 0.304. The van der Waals surface area contributed by atoms with Gasteiger partial charge in [-0.3, -0.25) is 4.57 Å². The number of nitrogens with zero attached hydrogens (tertiary/aromatic N) is 4. The van der Waals surface area contributed by atoms with Crippen LogP contribution in [0, 0.1) is 13.8 Å². The first kappa shape index (κ1) is 22.6. The molecule has 0 saturated carbocycles. The molecule has 0 radical (unpaired) electrons. The predicted molar refractivity (Wildman–Crippen MR) is 129 cm³/mol. The molecular formula is C23H27N5O2S2. The molecule has 2 N–H and O–H groups in total. The van der Waals surface area contributed by atoms with Crippen LogP contribution in [0.3, 0.4) is 0 Å². The van der Waals surface area contributed by atoms with Crippen LogP contribution in [-0.4, -0.2) is 27.5 Å². The normalized spacial score (nSPS) is 12.0. The Bertz CT molecular complexity index is 1370. The second-order valence-corrected chi connectivity index (χ2v) is 10.4.